The van der Waals surface area contributed by atoms with E-state index in [1.807, 2.05) is 4.90 Å². The lowest BCUT2D eigenvalue weighted by Gasteiger charge is -2.39. The van der Waals surface area contributed by atoms with Crippen molar-refractivity contribution in [3.63, 3.8) is 0 Å². The van der Waals surface area contributed by atoms with Crippen LogP contribution < -0.4 is 4.74 Å². The number of benzene rings is 1. The van der Waals surface area contributed by atoms with Gasteiger partial charge in [0.05, 0.1) is 0 Å². The van der Waals surface area contributed by atoms with Crippen LogP contribution in [-0.2, 0) is 14.3 Å². The molecule has 1 amide bonds. The fraction of sp³-hybridized carbons (Fsp3) is 0.600. The number of amides is 1. The third kappa shape index (κ3) is 4.34. The zero-order valence-corrected chi connectivity index (χ0v) is 15.6. The van der Waals surface area contributed by atoms with Crippen molar-refractivity contribution in [3.05, 3.63) is 30.1 Å². The average Bonchev–Trinajstić information content (AvgIpc) is 2.79. The van der Waals surface area contributed by atoms with Crippen LogP contribution in [0.3, 0.4) is 0 Å². The molecule has 0 aromatic heterocycles. The SMILES string of the molecule is CC1(C)CC2CC(C)(CN2C(=O)COC(=O)COc2cccc(F)c2)C1. The zero-order valence-electron chi connectivity index (χ0n) is 15.6. The van der Waals surface area contributed by atoms with Gasteiger partial charge in [-0.1, -0.05) is 26.8 Å². The normalized spacial score (nSPS) is 26.5. The molecule has 1 heterocycles. The second-order valence-corrected chi connectivity index (χ2v) is 8.64. The number of ether oxygens (including phenoxy) is 2. The van der Waals surface area contributed by atoms with Crippen LogP contribution in [0.15, 0.2) is 24.3 Å². The number of carbonyl (C=O) groups excluding carboxylic acids is 2. The molecule has 1 aliphatic carbocycles. The van der Waals surface area contributed by atoms with Gasteiger partial charge in [-0.3, -0.25) is 4.79 Å². The van der Waals surface area contributed by atoms with Gasteiger partial charge in [-0.2, -0.15) is 0 Å². The van der Waals surface area contributed by atoms with Crippen LogP contribution >= 0.6 is 0 Å². The highest BCUT2D eigenvalue weighted by atomic mass is 19.1. The van der Waals surface area contributed by atoms with E-state index in [0.717, 1.165) is 25.8 Å². The summed E-state index contributed by atoms with van der Waals surface area (Å²) in [4.78, 5) is 26.2. The third-order valence-electron chi connectivity index (χ3n) is 5.24. The smallest absolute Gasteiger partial charge is 0.344 e. The van der Waals surface area contributed by atoms with Crippen LogP contribution in [-0.4, -0.2) is 42.6 Å². The molecule has 2 unspecified atom stereocenters. The summed E-state index contributed by atoms with van der Waals surface area (Å²) in [5, 5.41) is 0. The number of halogens is 1. The van der Waals surface area contributed by atoms with Crippen molar-refractivity contribution in [2.75, 3.05) is 19.8 Å². The molecule has 2 bridgehead atoms. The van der Waals surface area contributed by atoms with Crippen molar-refractivity contribution in [1.29, 1.82) is 0 Å². The minimum atomic E-state index is -0.642. The number of hydrogen-bond donors (Lipinski definition) is 0. The van der Waals surface area contributed by atoms with E-state index in [1.54, 1.807) is 6.07 Å². The Morgan fingerprint density at radius 3 is 2.73 bits per heavy atom. The average molecular weight is 363 g/mol. The maximum atomic E-state index is 13.1. The number of fused-ring (bicyclic) bond motifs is 2. The minimum absolute atomic E-state index is 0.145. The Hall–Kier alpha value is -2.11. The van der Waals surface area contributed by atoms with Crippen LogP contribution in [0.4, 0.5) is 4.39 Å². The number of nitrogens with zero attached hydrogens (tertiary/aromatic N) is 1. The summed E-state index contributed by atoms with van der Waals surface area (Å²) < 4.78 is 23.3. The number of rotatable bonds is 5. The molecule has 1 saturated heterocycles. The second-order valence-electron chi connectivity index (χ2n) is 8.64. The molecule has 142 valence electrons. The van der Waals surface area contributed by atoms with Crippen LogP contribution in [0.1, 0.15) is 40.0 Å². The summed E-state index contributed by atoms with van der Waals surface area (Å²) in [5.41, 5.74) is 0.370. The van der Waals surface area contributed by atoms with E-state index < -0.39 is 11.8 Å². The highest BCUT2D eigenvalue weighted by Crippen LogP contribution is 2.52. The minimum Gasteiger partial charge on any atom is -0.482 e. The standard InChI is InChI=1S/C20H26FNO4/c1-19(2)8-15-9-20(3,12-19)13-22(15)17(23)10-26-18(24)11-25-16-6-4-5-14(21)7-16/h4-7,15H,8-13H2,1-3H3. The van der Waals surface area contributed by atoms with Gasteiger partial charge in [0, 0.05) is 18.7 Å². The molecule has 2 fully saturated rings. The molecule has 2 atom stereocenters. The molecule has 1 aromatic rings. The molecule has 0 spiro atoms. The Kier molecular flexibility index (Phi) is 4.95. The van der Waals surface area contributed by atoms with Crippen molar-refractivity contribution in [3.8, 4) is 5.75 Å². The first-order chi connectivity index (χ1) is 12.2. The van der Waals surface area contributed by atoms with Gasteiger partial charge in [0.25, 0.3) is 5.91 Å². The molecule has 6 heteroatoms. The molecule has 0 N–H and O–H groups in total. The predicted octanol–water partition coefficient (Wildman–Crippen LogP) is 3.17. The Bertz CT molecular complexity index is 705. The van der Waals surface area contributed by atoms with E-state index in [9.17, 15) is 14.0 Å². The van der Waals surface area contributed by atoms with Crippen molar-refractivity contribution in [1.82, 2.24) is 4.90 Å². The lowest BCUT2D eigenvalue weighted by Crippen LogP contribution is -2.40. The van der Waals surface area contributed by atoms with E-state index in [0.29, 0.717) is 0 Å². The monoisotopic (exact) mass is 363 g/mol. The van der Waals surface area contributed by atoms with Gasteiger partial charge >= 0.3 is 5.97 Å². The highest BCUT2D eigenvalue weighted by molar-refractivity contribution is 5.81. The molecule has 0 radical (unpaired) electrons. The first kappa shape index (κ1) is 18.7. The van der Waals surface area contributed by atoms with Gasteiger partial charge in [0.2, 0.25) is 0 Å². The molecular formula is C20H26FNO4. The molecule has 26 heavy (non-hydrogen) atoms. The first-order valence-corrected chi connectivity index (χ1v) is 8.99. The highest BCUT2D eigenvalue weighted by Gasteiger charge is 2.50. The molecule has 2 aliphatic rings. The maximum absolute atomic E-state index is 13.1. The van der Waals surface area contributed by atoms with Crippen LogP contribution in [0.25, 0.3) is 0 Å². The maximum Gasteiger partial charge on any atom is 0.344 e. The molecule has 1 aliphatic heterocycles. The fourth-order valence-corrected chi connectivity index (χ4v) is 4.72. The summed E-state index contributed by atoms with van der Waals surface area (Å²) in [6.07, 6.45) is 3.09. The van der Waals surface area contributed by atoms with Gasteiger partial charge in [0.15, 0.2) is 13.2 Å². The summed E-state index contributed by atoms with van der Waals surface area (Å²) in [6, 6.07) is 5.74. The molecule has 1 aromatic carbocycles. The number of hydrogen-bond acceptors (Lipinski definition) is 4. The summed E-state index contributed by atoms with van der Waals surface area (Å²) >= 11 is 0. The van der Waals surface area contributed by atoms with Crippen LogP contribution in [0.5, 0.6) is 5.75 Å². The summed E-state index contributed by atoms with van der Waals surface area (Å²) in [6.45, 7) is 6.80. The lowest BCUT2D eigenvalue weighted by atomic mass is 9.65. The topological polar surface area (TPSA) is 55.8 Å². The van der Waals surface area contributed by atoms with Crippen molar-refractivity contribution >= 4 is 11.9 Å². The van der Waals surface area contributed by atoms with Crippen molar-refractivity contribution < 1.29 is 23.5 Å². The predicted molar refractivity (Wildman–Crippen MR) is 94.1 cm³/mol. The van der Waals surface area contributed by atoms with Gasteiger partial charge < -0.3 is 14.4 Å². The van der Waals surface area contributed by atoms with E-state index >= 15 is 0 Å². The Balaban J connectivity index is 1.47. The van der Waals surface area contributed by atoms with Crippen LogP contribution in [0, 0.1) is 16.6 Å². The first-order valence-electron chi connectivity index (χ1n) is 8.99. The number of likely N-dealkylation sites (tertiary alicyclic amines) is 1. The lowest BCUT2D eigenvalue weighted by molar-refractivity contribution is -0.154. The Labute approximate surface area is 153 Å². The van der Waals surface area contributed by atoms with Gasteiger partial charge in [0.1, 0.15) is 11.6 Å². The van der Waals surface area contributed by atoms with E-state index in [2.05, 4.69) is 20.8 Å². The Morgan fingerprint density at radius 2 is 2.00 bits per heavy atom. The Morgan fingerprint density at radius 1 is 1.23 bits per heavy atom. The van der Waals surface area contributed by atoms with Gasteiger partial charge in [-0.25, -0.2) is 9.18 Å². The van der Waals surface area contributed by atoms with E-state index in [-0.39, 0.29) is 41.7 Å². The van der Waals surface area contributed by atoms with Crippen molar-refractivity contribution in [2.45, 2.75) is 46.1 Å². The third-order valence-corrected chi connectivity index (χ3v) is 5.24. The van der Waals surface area contributed by atoms with Gasteiger partial charge in [-0.15, -0.1) is 0 Å². The summed E-state index contributed by atoms with van der Waals surface area (Å²) in [5.74, 6) is -0.994. The number of carbonyl (C=O) groups is 2. The molecule has 5 nitrogen and oxygen atoms in total. The summed E-state index contributed by atoms with van der Waals surface area (Å²) in [7, 11) is 0. The largest absolute Gasteiger partial charge is 0.482 e. The van der Waals surface area contributed by atoms with Crippen molar-refractivity contribution in [2.24, 2.45) is 10.8 Å². The molecule has 1 saturated carbocycles. The molecule has 3 rings (SSSR count). The molecular weight excluding hydrogens is 337 g/mol. The second kappa shape index (κ2) is 6.89. The quantitative estimate of drug-likeness (QED) is 0.754. The zero-order chi connectivity index (χ0) is 18.9. The van der Waals surface area contributed by atoms with E-state index in [1.165, 1.54) is 18.2 Å². The van der Waals surface area contributed by atoms with E-state index in [4.69, 9.17) is 9.47 Å². The fourth-order valence-electron chi connectivity index (χ4n) is 4.72. The number of esters is 1. The van der Waals surface area contributed by atoms with Crippen LogP contribution in [0.2, 0.25) is 0 Å². The van der Waals surface area contributed by atoms with Gasteiger partial charge in [-0.05, 0) is 42.2 Å².